The first kappa shape index (κ1) is 17.9. The summed E-state index contributed by atoms with van der Waals surface area (Å²) in [6, 6.07) is 8.04. The standard InChI is InChI=1S/C18H28N2O3/c1-3-23-14-17(21)13-19-8-10-20(11-9-19)18(22)12-16-7-5-4-6-15(16)2/h4-7,17,21H,3,8-14H2,1-2H3. The van der Waals surface area contributed by atoms with Crippen LogP contribution in [0.5, 0.6) is 0 Å². The molecule has 1 heterocycles. The zero-order valence-corrected chi connectivity index (χ0v) is 14.2. The van der Waals surface area contributed by atoms with Gasteiger partial charge in [-0.15, -0.1) is 0 Å². The molecule has 1 atom stereocenters. The minimum Gasteiger partial charge on any atom is -0.389 e. The van der Waals surface area contributed by atoms with Crippen molar-refractivity contribution in [1.82, 2.24) is 9.80 Å². The van der Waals surface area contributed by atoms with Crippen molar-refractivity contribution in [2.75, 3.05) is 45.9 Å². The molecule has 0 saturated carbocycles. The van der Waals surface area contributed by atoms with Crippen LogP contribution in [-0.4, -0.2) is 72.9 Å². The number of ether oxygens (including phenoxy) is 1. The topological polar surface area (TPSA) is 53.0 Å². The summed E-state index contributed by atoms with van der Waals surface area (Å²) in [6.45, 7) is 8.65. The van der Waals surface area contributed by atoms with Crippen molar-refractivity contribution in [1.29, 1.82) is 0 Å². The SMILES string of the molecule is CCOCC(O)CN1CCN(C(=O)Cc2ccccc2C)CC1. The number of hydrogen-bond acceptors (Lipinski definition) is 4. The molecule has 1 aliphatic rings. The second-order valence-electron chi connectivity index (χ2n) is 6.10. The van der Waals surface area contributed by atoms with E-state index in [1.54, 1.807) is 0 Å². The molecule has 1 unspecified atom stereocenters. The van der Waals surface area contributed by atoms with Crippen molar-refractivity contribution < 1.29 is 14.6 Å². The largest absolute Gasteiger partial charge is 0.389 e. The van der Waals surface area contributed by atoms with E-state index >= 15 is 0 Å². The Kier molecular flexibility index (Phi) is 7.02. The highest BCUT2D eigenvalue weighted by Crippen LogP contribution is 2.11. The third kappa shape index (κ3) is 5.61. The van der Waals surface area contributed by atoms with Gasteiger partial charge in [-0.3, -0.25) is 9.69 Å². The number of rotatable bonds is 7. The van der Waals surface area contributed by atoms with Crippen molar-refractivity contribution in [3.8, 4) is 0 Å². The summed E-state index contributed by atoms with van der Waals surface area (Å²) in [5.41, 5.74) is 2.27. The van der Waals surface area contributed by atoms with Gasteiger partial charge in [0.1, 0.15) is 0 Å². The molecule has 5 heteroatoms. The van der Waals surface area contributed by atoms with Gasteiger partial charge < -0.3 is 14.7 Å². The molecule has 1 aromatic carbocycles. The Morgan fingerprint density at radius 1 is 1.26 bits per heavy atom. The predicted molar refractivity (Wildman–Crippen MR) is 90.4 cm³/mol. The van der Waals surface area contributed by atoms with Gasteiger partial charge in [0.25, 0.3) is 0 Å². The fourth-order valence-corrected chi connectivity index (χ4v) is 2.87. The van der Waals surface area contributed by atoms with Gasteiger partial charge in [-0.1, -0.05) is 24.3 Å². The minimum absolute atomic E-state index is 0.189. The van der Waals surface area contributed by atoms with Crippen molar-refractivity contribution in [2.45, 2.75) is 26.4 Å². The zero-order valence-electron chi connectivity index (χ0n) is 14.2. The van der Waals surface area contributed by atoms with E-state index in [1.807, 2.05) is 43.0 Å². The van der Waals surface area contributed by atoms with E-state index in [9.17, 15) is 9.90 Å². The first-order valence-electron chi connectivity index (χ1n) is 8.40. The molecule has 0 spiro atoms. The van der Waals surface area contributed by atoms with Crippen LogP contribution >= 0.6 is 0 Å². The highest BCUT2D eigenvalue weighted by Gasteiger charge is 2.22. The number of carbonyl (C=O) groups excluding carboxylic acids is 1. The second-order valence-corrected chi connectivity index (χ2v) is 6.10. The molecule has 128 valence electrons. The van der Waals surface area contributed by atoms with E-state index in [0.29, 0.717) is 26.2 Å². The number of piperazine rings is 1. The molecular weight excluding hydrogens is 292 g/mol. The van der Waals surface area contributed by atoms with Crippen molar-refractivity contribution in [3.63, 3.8) is 0 Å². The Morgan fingerprint density at radius 3 is 2.61 bits per heavy atom. The fourth-order valence-electron chi connectivity index (χ4n) is 2.87. The lowest BCUT2D eigenvalue weighted by Gasteiger charge is -2.35. The number of benzene rings is 1. The zero-order chi connectivity index (χ0) is 16.7. The number of carbonyl (C=O) groups is 1. The third-order valence-electron chi connectivity index (χ3n) is 4.31. The van der Waals surface area contributed by atoms with Crippen LogP contribution in [0.25, 0.3) is 0 Å². The van der Waals surface area contributed by atoms with E-state index in [4.69, 9.17) is 4.74 Å². The number of aryl methyl sites for hydroxylation is 1. The van der Waals surface area contributed by atoms with Crippen LogP contribution in [0.3, 0.4) is 0 Å². The Bertz CT molecular complexity index is 499. The first-order valence-corrected chi connectivity index (χ1v) is 8.40. The van der Waals surface area contributed by atoms with E-state index in [0.717, 1.165) is 31.7 Å². The fraction of sp³-hybridized carbons (Fsp3) is 0.611. The van der Waals surface area contributed by atoms with Gasteiger partial charge >= 0.3 is 0 Å². The Balaban J connectivity index is 1.75. The lowest BCUT2D eigenvalue weighted by Crippen LogP contribution is -2.51. The van der Waals surface area contributed by atoms with Crippen molar-refractivity contribution >= 4 is 5.91 Å². The number of β-amino-alcohol motifs (C(OH)–C–C–N with tert-alkyl or cyclic N) is 1. The summed E-state index contributed by atoms with van der Waals surface area (Å²) in [5.74, 6) is 0.189. The van der Waals surface area contributed by atoms with Gasteiger partial charge in [0.05, 0.1) is 19.1 Å². The maximum absolute atomic E-state index is 12.4. The molecule has 5 nitrogen and oxygen atoms in total. The molecule has 23 heavy (non-hydrogen) atoms. The summed E-state index contributed by atoms with van der Waals surface area (Å²) >= 11 is 0. The van der Waals surface area contributed by atoms with Crippen LogP contribution in [0, 0.1) is 6.92 Å². The summed E-state index contributed by atoms with van der Waals surface area (Å²) in [6.07, 6.45) is 0.0174. The summed E-state index contributed by atoms with van der Waals surface area (Å²) in [7, 11) is 0. The summed E-state index contributed by atoms with van der Waals surface area (Å²) in [5, 5.41) is 9.89. The molecule has 0 aliphatic carbocycles. The van der Waals surface area contributed by atoms with Gasteiger partial charge in [-0.25, -0.2) is 0 Å². The van der Waals surface area contributed by atoms with Gasteiger partial charge in [0.2, 0.25) is 5.91 Å². The molecule has 0 bridgehead atoms. The quantitative estimate of drug-likeness (QED) is 0.817. The highest BCUT2D eigenvalue weighted by atomic mass is 16.5. The third-order valence-corrected chi connectivity index (χ3v) is 4.31. The van der Waals surface area contributed by atoms with Crippen LogP contribution in [0.4, 0.5) is 0 Å². The first-order chi connectivity index (χ1) is 11.1. The van der Waals surface area contributed by atoms with Crippen LogP contribution < -0.4 is 0 Å². The molecule has 2 rings (SSSR count). The number of aliphatic hydroxyl groups excluding tert-OH is 1. The second kappa shape index (κ2) is 9.01. The average Bonchev–Trinajstić information content (AvgIpc) is 2.55. The van der Waals surface area contributed by atoms with E-state index < -0.39 is 6.10 Å². The normalized spacial score (nSPS) is 17.3. The summed E-state index contributed by atoms with van der Waals surface area (Å²) in [4.78, 5) is 16.6. The van der Waals surface area contributed by atoms with Crippen LogP contribution in [-0.2, 0) is 16.0 Å². The Morgan fingerprint density at radius 2 is 1.96 bits per heavy atom. The van der Waals surface area contributed by atoms with Crippen molar-refractivity contribution in [3.05, 3.63) is 35.4 Å². The average molecular weight is 320 g/mol. The van der Waals surface area contributed by atoms with Crippen LogP contribution in [0.1, 0.15) is 18.1 Å². The molecule has 1 aliphatic heterocycles. The number of hydrogen-bond donors (Lipinski definition) is 1. The monoisotopic (exact) mass is 320 g/mol. The van der Waals surface area contributed by atoms with E-state index in [-0.39, 0.29) is 5.91 Å². The number of aliphatic hydroxyl groups is 1. The summed E-state index contributed by atoms with van der Waals surface area (Å²) < 4.78 is 5.23. The van der Waals surface area contributed by atoms with Gasteiger partial charge in [-0.2, -0.15) is 0 Å². The molecule has 0 aromatic heterocycles. The molecule has 1 saturated heterocycles. The van der Waals surface area contributed by atoms with Crippen LogP contribution in [0.2, 0.25) is 0 Å². The maximum atomic E-state index is 12.4. The predicted octanol–water partition coefficient (Wildman–Crippen LogP) is 1.08. The van der Waals surface area contributed by atoms with E-state index in [1.165, 1.54) is 5.56 Å². The lowest BCUT2D eigenvalue weighted by atomic mass is 10.1. The molecular formula is C18H28N2O3. The lowest BCUT2D eigenvalue weighted by molar-refractivity contribution is -0.132. The molecule has 1 N–H and O–H groups in total. The number of nitrogens with zero attached hydrogens (tertiary/aromatic N) is 2. The number of amides is 1. The Labute approximate surface area is 138 Å². The molecule has 0 radical (unpaired) electrons. The van der Waals surface area contributed by atoms with Gasteiger partial charge in [-0.05, 0) is 25.0 Å². The van der Waals surface area contributed by atoms with Crippen LogP contribution in [0.15, 0.2) is 24.3 Å². The van der Waals surface area contributed by atoms with Gasteiger partial charge in [0.15, 0.2) is 0 Å². The molecule has 1 amide bonds. The van der Waals surface area contributed by atoms with E-state index in [2.05, 4.69) is 4.90 Å². The smallest absolute Gasteiger partial charge is 0.227 e. The molecule has 1 fully saturated rings. The maximum Gasteiger partial charge on any atom is 0.227 e. The minimum atomic E-state index is -0.454. The van der Waals surface area contributed by atoms with Gasteiger partial charge in [0, 0.05) is 39.3 Å². The highest BCUT2D eigenvalue weighted by molar-refractivity contribution is 5.79. The molecule has 1 aromatic rings. The van der Waals surface area contributed by atoms with Crippen molar-refractivity contribution in [2.24, 2.45) is 0 Å². The Hall–Kier alpha value is -1.43.